The Hall–Kier alpha value is -5.92. The molecule has 1 heterocycles. The Balaban J connectivity index is 1.21. The smallest absolute Gasteiger partial charge is 0.0541 e. The second-order valence-electron chi connectivity index (χ2n) is 11.8. The molecule has 0 aliphatic rings. The summed E-state index contributed by atoms with van der Waals surface area (Å²) >= 11 is 0. The summed E-state index contributed by atoms with van der Waals surface area (Å²) < 4.78 is 2.37. The normalized spacial score (nSPS) is 11.6. The highest BCUT2D eigenvalue weighted by atomic mass is 15.0. The molecule has 0 unspecified atom stereocenters. The van der Waals surface area contributed by atoms with Gasteiger partial charge in [-0.1, -0.05) is 133 Å². The first-order valence-electron chi connectivity index (χ1n) is 15.5. The van der Waals surface area contributed by atoms with Crippen LogP contribution < -0.4 is 0 Å². The van der Waals surface area contributed by atoms with Crippen molar-refractivity contribution < 1.29 is 0 Å². The van der Waals surface area contributed by atoms with Gasteiger partial charge in [0.25, 0.3) is 0 Å². The van der Waals surface area contributed by atoms with Gasteiger partial charge >= 0.3 is 0 Å². The molecule has 1 heteroatoms. The predicted molar refractivity (Wildman–Crippen MR) is 192 cm³/mol. The van der Waals surface area contributed by atoms with Crippen molar-refractivity contribution in [3.8, 4) is 39.1 Å². The fourth-order valence-electron chi connectivity index (χ4n) is 7.00. The van der Waals surface area contributed by atoms with Gasteiger partial charge in [-0.2, -0.15) is 0 Å². The zero-order valence-electron chi connectivity index (χ0n) is 24.7. The highest BCUT2D eigenvalue weighted by molar-refractivity contribution is 6.15. The van der Waals surface area contributed by atoms with Crippen LogP contribution in [0.1, 0.15) is 0 Å². The summed E-state index contributed by atoms with van der Waals surface area (Å²) in [4.78, 5) is 0. The standard InChI is InChI=1S/C44H29N/c1-3-11-30(12-4-1)31-19-21-32(22-20-31)40-29-35-13-7-8-16-37(35)41-27-33(23-25-38(40)41)34-24-26-44-42(28-34)39-17-9-10-18-43(39)45(44)36-14-5-2-6-15-36/h1-29H. The summed E-state index contributed by atoms with van der Waals surface area (Å²) in [5.41, 5.74) is 11.0. The molecule has 210 valence electrons. The van der Waals surface area contributed by atoms with Gasteiger partial charge in [-0.25, -0.2) is 0 Å². The van der Waals surface area contributed by atoms with E-state index in [9.17, 15) is 0 Å². The summed E-state index contributed by atoms with van der Waals surface area (Å²) in [5, 5.41) is 7.62. The molecule has 0 bridgehead atoms. The molecule has 9 aromatic rings. The third kappa shape index (κ3) is 4.24. The van der Waals surface area contributed by atoms with Crippen molar-refractivity contribution in [3.05, 3.63) is 176 Å². The molecule has 8 aromatic carbocycles. The van der Waals surface area contributed by atoms with Crippen LogP contribution in [0.25, 0.3) is 82.4 Å². The molecule has 0 aliphatic carbocycles. The van der Waals surface area contributed by atoms with Crippen LogP contribution in [0, 0.1) is 0 Å². The van der Waals surface area contributed by atoms with E-state index in [0.717, 1.165) is 0 Å². The van der Waals surface area contributed by atoms with Gasteiger partial charge in [0.15, 0.2) is 0 Å². The van der Waals surface area contributed by atoms with Crippen LogP contribution in [0.5, 0.6) is 0 Å². The Morgan fingerprint density at radius 2 is 0.844 bits per heavy atom. The first-order chi connectivity index (χ1) is 22.3. The molecule has 0 N–H and O–H groups in total. The first-order valence-corrected chi connectivity index (χ1v) is 15.5. The van der Waals surface area contributed by atoms with E-state index in [0.29, 0.717) is 0 Å². The number of fused-ring (bicyclic) bond motifs is 6. The maximum Gasteiger partial charge on any atom is 0.0541 e. The third-order valence-corrected chi connectivity index (χ3v) is 9.18. The number of aromatic nitrogens is 1. The van der Waals surface area contributed by atoms with Gasteiger partial charge in [-0.15, -0.1) is 0 Å². The summed E-state index contributed by atoms with van der Waals surface area (Å²) in [6.45, 7) is 0. The van der Waals surface area contributed by atoms with Crippen LogP contribution in [0.4, 0.5) is 0 Å². The van der Waals surface area contributed by atoms with E-state index < -0.39 is 0 Å². The van der Waals surface area contributed by atoms with Crippen LogP contribution in [0.2, 0.25) is 0 Å². The highest BCUT2D eigenvalue weighted by Gasteiger charge is 2.15. The minimum atomic E-state index is 1.18. The molecule has 0 radical (unpaired) electrons. The monoisotopic (exact) mass is 571 g/mol. The van der Waals surface area contributed by atoms with Gasteiger partial charge in [0.2, 0.25) is 0 Å². The van der Waals surface area contributed by atoms with Crippen molar-refractivity contribution in [2.75, 3.05) is 0 Å². The van der Waals surface area contributed by atoms with Crippen LogP contribution in [-0.2, 0) is 0 Å². The number of nitrogens with zero attached hydrogens (tertiary/aromatic N) is 1. The molecule has 0 saturated carbocycles. The Kier molecular flexibility index (Phi) is 5.89. The van der Waals surface area contributed by atoms with E-state index >= 15 is 0 Å². The lowest BCUT2D eigenvalue weighted by atomic mass is 9.90. The number of hydrogen-bond acceptors (Lipinski definition) is 0. The fraction of sp³-hybridized carbons (Fsp3) is 0. The van der Waals surface area contributed by atoms with E-state index in [4.69, 9.17) is 0 Å². The Bertz CT molecular complexity index is 2500. The molecule has 0 saturated heterocycles. The minimum absolute atomic E-state index is 1.18. The van der Waals surface area contributed by atoms with E-state index in [2.05, 4.69) is 180 Å². The largest absolute Gasteiger partial charge is 0.309 e. The molecular weight excluding hydrogens is 542 g/mol. The molecular formula is C44H29N. The summed E-state index contributed by atoms with van der Waals surface area (Å²) in [7, 11) is 0. The van der Waals surface area contributed by atoms with E-state index in [1.165, 1.54) is 82.4 Å². The summed E-state index contributed by atoms with van der Waals surface area (Å²) in [6.07, 6.45) is 0. The van der Waals surface area contributed by atoms with Crippen LogP contribution in [0.3, 0.4) is 0 Å². The van der Waals surface area contributed by atoms with Crippen LogP contribution >= 0.6 is 0 Å². The maximum atomic E-state index is 2.39. The zero-order valence-corrected chi connectivity index (χ0v) is 24.7. The van der Waals surface area contributed by atoms with Crippen molar-refractivity contribution in [1.82, 2.24) is 4.57 Å². The van der Waals surface area contributed by atoms with Gasteiger partial charge in [0.1, 0.15) is 0 Å². The van der Waals surface area contributed by atoms with Crippen LogP contribution in [-0.4, -0.2) is 4.57 Å². The average molecular weight is 572 g/mol. The SMILES string of the molecule is c1ccc(-c2ccc(-c3cc4ccccc4c4cc(-c5ccc6c(c5)c5ccccc5n6-c5ccccc5)ccc34)cc2)cc1. The van der Waals surface area contributed by atoms with Crippen molar-refractivity contribution in [2.45, 2.75) is 0 Å². The van der Waals surface area contributed by atoms with Crippen molar-refractivity contribution in [3.63, 3.8) is 0 Å². The minimum Gasteiger partial charge on any atom is -0.309 e. The van der Waals surface area contributed by atoms with Crippen LogP contribution in [0.15, 0.2) is 176 Å². The fourth-order valence-corrected chi connectivity index (χ4v) is 7.00. The van der Waals surface area contributed by atoms with Gasteiger partial charge < -0.3 is 4.57 Å². The third-order valence-electron chi connectivity index (χ3n) is 9.18. The highest BCUT2D eigenvalue weighted by Crippen LogP contribution is 2.39. The number of para-hydroxylation sites is 2. The van der Waals surface area contributed by atoms with E-state index in [-0.39, 0.29) is 0 Å². The molecule has 0 fully saturated rings. The Morgan fingerprint density at radius 1 is 0.289 bits per heavy atom. The number of benzene rings is 8. The molecule has 1 nitrogen and oxygen atoms in total. The second-order valence-corrected chi connectivity index (χ2v) is 11.8. The van der Waals surface area contributed by atoms with Gasteiger partial charge in [0.05, 0.1) is 11.0 Å². The first kappa shape index (κ1) is 25.6. The van der Waals surface area contributed by atoms with Gasteiger partial charge in [-0.3, -0.25) is 0 Å². The van der Waals surface area contributed by atoms with E-state index in [1.54, 1.807) is 0 Å². The molecule has 0 atom stereocenters. The van der Waals surface area contributed by atoms with E-state index in [1.807, 2.05) is 0 Å². The molecule has 45 heavy (non-hydrogen) atoms. The summed E-state index contributed by atoms with van der Waals surface area (Å²) in [5.74, 6) is 0. The lowest BCUT2D eigenvalue weighted by Crippen LogP contribution is -1.92. The molecule has 0 spiro atoms. The molecule has 0 aliphatic heterocycles. The van der Waals surface area contributed by atoms with Crippen molar-refractivity contribution in [2.24, 2.45) is 0 Å². The Morgan fingerprint density at radius 3 is 1.64 bits per heavy atom. The lowest BCUT2D eigenvalue weighted by molar-refractivity contribution is 1.18. The predicted octanol–water partition coefficient (Wildman–Crippen LogP) is 12.1. The number of rotatable bonds is 4. The lowest BCUT2D eigenvalue weighted by Gasteiger charge is -2.14. The molecule has 9 rings (SSSR count). The van der Waals surface area contributed by atoms with Gasteiger partial charge in [0, 0.05) is 16.5 Å². The topological polar surface area (TPSA) is 4.93 Å². The zero-order chi connectivity index (χ0) is 29.7. The quantitative estimate of drug-likeness (QED) is 0.185. The number of hydrogen-bond donors (Lipinski definition) is 0. The molecule has 0 amide bonds. The van der Waals surface area contributed by atoms with Crippen molar-refractivity contribution in [1.29, 1.82) is 0 Å². The maximum absolute atomic E-state index is 2.39. The van der Waals surface area contributed by atoms with Crippen molar-refractivity contribution >= 4 is 43.4 Å². The molecule has 1 aromatic heterocycles. The average Bonchev–Trinajstić information content (AvgIpc) is 3.45. The second kappa shape index (κ2) is 10.4. The van der Waals surface area contributed by atoms with Gasteiger partial charge in [-0.05, 0) is 97.4 Å². The Labute approximate surface area is 262 Å². The summed E-state index contributed by atoms with van der Waals surface area (Å²) in [6, 6.07) is 64.0.